The molecule has 34 heavy (non-hydrogen) atoms. The highest BCUT2D eigenvalue weighted by Crippen LogP contribution is 2.38. The van der Waals surface area contributed by atoms with Crippen molar-refractivity contribution in [2.45, 2.75) is 33.3 Å². The zero-order valence-corrected chi connectivity index (χ0v) is 21.0. The number of hydrogen-bond donors (Lipinski definition) is 1. The number of benzene rings is 2. The molecule has 7 nitrogen and oxygen atoms in total. The Labute approximate surface area is 209 Å². The van der Waals surface area contributed by atoms with E-state index >= 15 is 0 Å². The topological polar surface area (TPSA) is 87.3 Å². The normalized spacial score (nSPS) is 16.5. The summed E-state index contributed by atoms with van der Waals surface area (Å²) in [5, 5.41) is 15.6. The van der Waals surface area contributed by atoms with Gasteiger partial charge in [0.15, 0.2) is 17.3 Å². The maximum absolute atomic E-state index is 13.2. The first-order valence-electron chi connectivity index (χ1n) is 10.7. The van der Waals surface area contributed by atoms with Gasteiger partial charge in [-0.1, -0.05) is 19.1 Å². The molecule has 0 bridgehead atoms. The number of fused-ring (bicyclic) bond motifs is 1. The van der Waals surface area contributed by atoms with Crippen molar-refractivity contribution in [2.24, 2.45) is 10.1 Å². The van der Waals surface area contributed by atoms with E-state index < -0.39 is 5.91 Å². The first kappa shape index (κ1) is 24.2. The molecular formula is C24H22BrFN4O3S. The van der Waals surface area contributed by atoms with E-state index in [0.29, 0.717) is 33.3 Å². The van der Waals surface area contributed by atoms with Gasteiger partial charge in [-0.25, -0.2) is 4.39 Å². The van der Waals surface area contributed by atoms with E-state index in [4.69, 9.17) is 14.9 Å². The zero-order chi connectivity index (χ0) is 24.2. The molecule has 0 atom stereocenters. The van der Waals surface area contributed by atoms with Crippen molar-refractivity contribution >= 4 is 55.7 Å². The smallest absolute Gasteiger partial charge is 0.283 e. The lowest BCUT2D eigenvalue weighted by Gasteiger charge is -2.20. The molecule has 2 aliphatic heterocycles. The lowest BCUT2D eigenvalue weighted by molar-refractivity contribution is -0.114. The minimum Gasteiger partial charge on any atom is -0.490 e. The minimum absolute atomic E-state index is 0.0145. The molecule has 4 rings (SSSR count). The lowest BCUT2D eigenvalue weighted by atomic mass is 10.1. The van der Waals surface area contributed by atoms with Crippen LogP contribution in [0.15, 0.2) is 56.5 Å². The van der Waals surface area contributed by atoms with Crippen molar-refractivity contribution in [3.05, 3.63) is 63.4 Å². The van der Waals surface area contributed by atoms with Gasteiger partial charge in [0.05, 0.1) is 16.7 Å². The number of halogens is 2. The Morgan fingerprint density at radius 2 is 1.97 bits per heavy atom. The summed E-state index contributed by atoms with van der Waals surface area (Å²) in [7, 11) is 0. The first-order valence-corrected chi connectivity index (χ1v) is 12.3. The van der Waals surface area contributed by atoms with E-state index in [1.807, 2.05) is 13.8 Å². The minimum atomic E-state index is -0.484. The zero-order valence-electron chi connectivity index (χ0n) is 18.6. The third kappa shape index (κ3) is 5.23. The van der Waals surface area contributed by atoms with Crippen LogP contribution in [0.2, 0.25) is 0 Å². The molecule has 0 aromatic heterocycles. The molecule has 10 heteroatoms. The third-order valence-corrected chi connectivity index (χ3v) is 6.46. The van der Waals surface area contributed by atoms with Crippen LogP contribution < -0.4 is 9.47 Å². The average Bonchev–Trinajstić information content (AvgIpc) is 3.20. The third-order valence-electron chi connectivity index (χ3n) is 4.90. The molecule has 0 fully saturated rings. The monoisotopic (exact) mass is 544 g/mol. The van der Waals surface area contributed by atoms with Gasteiger partial charge in [0.1, 0.15) is 17.5 Å². The summed E-state index contributed by atoms with van der Waals surface area (Å²) < 4.78 is 25.5. The number of rotatable bonds is 8. The molecule has 2 aromatic rings. The SMILES string of the molecule is CCCC1=NN2C(=N)C(=Cc3cc(Br)c(OCc4ccc(F)cc4)c(OCC)c3)C(=O)N=C2S1. The highest BCUT2D eigenvalue weighted by atomic mass is 79.9. The summed E-state index contributed by atoms with van der Waals surface area (Å²) in [5.41, 5.74) is 1.59. The molecule has 2 aromatic carbocycles. The molecule has 176 valence electrons. The molecule has 0 spiro atoms. The Morgan fingerprint density at radius 1 is 1.21 bits per heavy atom. The number of carbonyl (C=O) groups is 1. The highest BCUT2D eigenvalue weighted by Gasteiger charge is 2.35. The average molecular weight is 545 g/mol. The summed E-state index contributed by atoms with van der Waals surface area (Å²) >= 11 is 4.85. The second-order valence-electron chi connectivity index (χ2n) is 7.44. The number of nitrogens with zero attached hydrogens (tertiary/aromatic N) is 3. The van der Waals surface area contributed by atoms with E-state index in [1.54, 1.807) is 30.3 Å². The van der Waals surface area contributed by atoms with E-state index in [9.17, 15) is 9.18 Å². The summed E-state index contributed by atoms with van der Waals surface area (Å²) in [4.78, 5) is 16.8. The summed E-state index contributed by atoms with van der Waals surface area (Å²) in [6.07, 6.45) is 3.28. The van der Waals surface area contributed by atoms with E-state index in [1.165, 1.54) is 28.9 Å². The molecule has 0 unspecified atom stereocenters. The van der Waals surface area contributed by atoms with Crippen molar-refractivity contribution in [2.75, 3.05) is 6.61 Å². The van der Waals surface area contributed by atoms with Crippen molar-refractivity contribution in [3.8, 4) is 11.5 Å². The van der Waals surface area contributed by atoms with Gasteiger partial charge in [0.25, 0.3) is 5.91 Å². The van der Waals surface area contributed by atoms with Crippen LogP contribution in [0.4, 0.5) is 4.39 Å². The molecule has 0 aliphatic carbocycles. The summed E-state index contributed by atoms with van der Waals surface area (Å²) in [6.45, 7) is 4.54. The van der Waals surface area contributed by atoms with Crippen molar-refractivity contribution in [3.63, 3.8) is 0 Å². The Bertz CT molecular complexity index is 1230. The Morgan fingerprint density at radius 3 is 2.68 bits per heavy atom. The van der Waals surface area contributed by atoms with Gasteiger partial charge in [-0.05, 0) is 88.9 Å². The van der Waals surface area contributed by atoms with Crippen molar-refractivity contribution < 1.29 is 18.7 Å². The molecule has 0 saturated heterocycles. The lowest BCUT2D eigenvalue weighted by Crippen LogP contribution is -2.35. The van der Waals surface area contributed by atoms with Gasteiger partial charge in [0.2, 0.25) is 5.17 Å². The van der Waals surface area contributed by atoms with Crippen LogP contribution in [0, 0.1) is 11.2 Å². The predicted molar refractivity (Wildman–Crippen MR) is 136 cm³/mol. The predicted octanol–water partition coefficient (Wildman–Crippen LogP) is 5.99. The number of nitrogens with one attached hydrogen (secondary N) is 1. The number of carbonyl (C=O) groups excluding carboxylic acids is 1. The standard InChI is InChI=1S/C24H22BrFN4O3S/c1-3-5-20-29-30-22(27)17(23(31)28-24(30)34-20)10-15-11-18(25)21(19(12-15)32-4-2)33-13-14-6-8-16(26)9-7-14/h6-12,27H,3-5,13H2,1-2H3. The van der Waals surface area contributed by atoms with E-state index in [-0.39, 0.29) is 23.8 Å². The number of amidine groups is 2. The van der Waals surface area contributed by atoms with Crippen LogP contribution in [-0.4, -0.2) is 33.6 Å². The van der Waals surface area contributed by atoms with E-state index in [2.05, 4.69) is 26.0 Å². The van der Waals surface area contributed by atoms with Crippen molar-refractivity contribution in [1.29, 1.82) is 5.41 Å². The number of hydrazone groups is 1. The Hall–Kier alpha value is -2.98. The Kier molecular flexibility index (Phi) is 7.47. The maximum Gasteiger partial charge on any atom is 0.283 e. The summed E-state index contributed by atoms with van der Waals surface area (Å²) in [6, 6.07) is 9.59. The van der Waals surface area contributed by atoms with Crippen molar-refractivity contribution in [1.82, 2.24) is 5.01 Å². The molecule has 2 aliphatic rings. The second kappa shape index (κ2) is 10.5. The molecule has 1 amide bonds. The molecule has 0 radical (unpaired) electrons. The number of amides is 1. The van der Waals surface area contributed by atoms with Crippen LogP contribution in [0.25, 0.3) is 6.08 Å². The van der Waals surface area contributed by atoms with Gasteiger partial charge < -0.3 is 9.47 Å². The molecule has 0 saturated carbocycles. The first-order chi connectivity index (χ1) is 16.4. The van der Waals surface area contributed by atoms with Gasteiger partial charge in [0, 0.05) is 0 Å². The van der Waals surface area contributed by atoms with Crippen LogP contribution in [0.3, 0.4) is 0 Å². The fourth-order valence-electron chi connectivity index (χ4n) is 3.32. The summed E-state index contributed by atoms with van der Waals surface area (Å²) in [5.74, 6) is 0.159. The van der Waals surface area contributed by atoms with Gasteiger partial charge in [-0.15, -0.1) is 0 Å². The van der Waals surface area contributed by atoms with Crippen LogP contribution in [0.5, 0.6) is 11.5 Å². The Balaban J connectivity index is 1.61. The van der Waals surface area contributed by atoms with Gasteiger partial charge in [-0.3, -0.25) is 10.2 Å². The molecular weight excluding hydrogens is 523 g/mol. The molecule has 2 heterocycles. The number of ether oxygens (including phenoxy) is 2. The van der Waals surface area contributed by atoms with Gasteiger partial charge >= 0.3 is 0 Å². The molecule has 1 N–H and O–H groups in total. The largest absolute Gasteiger partial charge is 0.490 e. The number of aliphatic imine (C=N–C) groups is 1. The second-order valence-corrected chi connectivity index (χ2v) is 9.34. The quantitative estimate of drug-likeness (QED) is 0.412. The highest BCUT2D eigenvalue weighted by molar-refractivity contribution is 9.10. The number of hydrogen-bond acceptors (Lipinski definition) is 6. The van der Waals surface area contributed by atoms with Crippen LogP contribution in [0.1, 0.15) is 37.8 Å². The van der Waals surface area contributed by atoms with E-state index in [0.717, 1.165) is 23.4 Å². The fourth-order valence-corrected chi connectivity index (χ4v) is 4.88. The van der Waals surface area contributed by atoms with Gasteiger partial charge in [-0.2, -0.15) is 15.1 Å². The number of thioether (sulfide) groups is 1. The van der Waals surface area contributed by atoms with Crippen LogP contribution in [-0.2, 0) is 11.4 Å². The van der Waals surface area contributed by atoms with Crippen LogP contribution >= 0.6 is 27.7 Å². The maximum atomic E-state index is 13.2. The fraction of sp³-hybridized carbons (Fsp3) is 0.250.